The van der Waals surface area contributed by atoms with Gasteiger partial charge in [0, 0.05) is 5.41 Å². The van der Waals surface area contributed by atoms with E-state index in [2.05, 4.69) is 25.6 Å². The molecule has 3 aliphatic rings. The van der Waals surface area contributed by atoms with Crippen molar-refractivity contribution in [3.8, 4) is 5.75 Å². The molecule has 0 spiro atoms. The summed E-state index contributed by atoms with van der Waals surface area (Å²) in [6, 6.07) is 5.91. The predicted octanol–water partition coefficient (Wildman–Crippen LogP) is 4.34. The van der Waals surface area contributed by atoms with Crippen molar-refractivity contribution >= 4 is 0 Å². The molecule has 2 heteroatoms. The van der Waals surface area contributed by atoms with Gasteiger partial charge < -0.3 is 10.2 Å². The molecule has 2 N–H and O–H groups in total. The van der Waals surface area contributed by atoms with E-state index in [-0.39, 0.29) is 11.5 Å². The average Bonchev–Trinajstić information content (AvgIpc) is 2.90. The molecule has 2 saturated carbocycles. The summed E-state index contributed by atoms with van der Waals surface area (Å²) in [5.41, 5.74) is 3.05. The maximum absolute atomic E-state index is 10.4. The monoisotopic (exact) mass is 312 g/mol. The van der Waals surface area contributed by atoms with Crippen LogP contribution in [0.3, 0.4) is 0 Å². The van der Waals surface area contributed by atoms with E-state index in [1.807, 2.05) is 12.1 Å². The Kier molecular flexibility index (Phi) is 3.39. The largest absolute Gasteiger partial charge is 0.508 e. The summed E-state index contributed by atoms with van der Waals surface area (Å²) < 4.78 is 0. The molecular weight excluding hydrogens is 284 g/mol. The van der Waals surface area contributed by atoms with Gasteiger partial charge in [-0.3, -0.25) is 0 Å². The van der Waals surface area contributed by atoms with Crippen molar-refractivity contribution in [1.82, 2.24) is 0 Å². The minimum Gasteiger partial charge on any atom is -0.508 e. The number of aliphatic hydroxyl groups is 1. The summed E-state index contributed by atoms with van der Waals surface area (Å²) in [5.74, 6) is 1.57. The van der Waals surface area contributed by atoms with Crippen molar-refractivity contribution in [3.63, 3.8) is 0 Å². The molecule has 0 heterocycles. The summed E-state index contributed by atoms with van der Waals surface area (Å²) in [6.07, 6.45) is 9.71. The lowest BCUT2D eigenvalue weighted by Crippen LogP contribution is -2.50. The van der Waals surface area contributed by atoms with E-state index in [4.69, 9.17) is 0 Å². The average molecular weight is 312 g/mol. The van der Waals surface area contributed by atoms with Crippen LogP contribution in [0, 0.1) is 17.3 Å². The molecule has 0 bridgehead atoms. The first kappa shape index (κ1) is 15.3. The Morgan fingerprint density at radius 2 is 2.13 bits per heavy atom. The fraction of sp³-hybridized carbons (Fsp3) is 0.619. The van der Waals surface area contributed by atoms with Crippen LogP contribution in [0.15, 0.2) is 30.9 Å². The zero-order valence-corrected chi connectivity index (χ0v) is 14.1. The number of phenols is 1. The minimum absolute atomic E-state index is 0.0364. The molecular formula is C21H28O2. The molecule has 0 amide bonds. The molecule has 4 rings (SSSR count). The third kappa shape index (κ3) is 1.97. The molecule has 5 atom stereocenters. The van der Waals surface area contributed by atoms with Crippen molar-refractivity contribution in [1.29, 1.82) is 0 Å². The molecule has 0 aromatic heterocycles. The first-order valence-electron chi connectivity index (χ1n) is 9.19. The van der Waals surface area contributed by atoms with Gasteiger partial charge in [0.1, 0.15) is 5.75 Å². The second-order valence-electron chi connectivity index (χ2n) is 8.15. The van der Waals surface area contributed by atoms with Crippen molar-refractivity contribution < 1.29 is 10.2 Å². The number of rotatable bonds is 2. The van der Waals surface area contributed by atoms with Gasteiger partial charge in [-0.2, -0.15) is 0 Å². The lowest BCUT2D eigenvalue weighted by molar-refractivity contribution is 0.0116. The third-order valence-electron chi connectivity index (χ3n) is 7.52. The van der Waals surface area contributed by atoms with Gasteiger partial charge in [-0.25, -0.2) is 0 Å². The Morgan fingerprint density at radius 1 is 1.30 bits per heavy atom. The van der Waals surface area contributed by atoms with E-state index < -0.39 is 0 Å². The number of aliphatic hydroxyl groups excluding tert-OH is 1. The summed E-state index contributed by atoms with van der Waals surface area (Å²) in [7, 11) is 0. The van der Waals surface area contributed by atoms with Crippen LogP contribution in [0.25, 0.3) is 0 Å². The van der Waals surface area contributed by atoms with Crippen LogP contribution in [-0.4, -0.2) is 16.3 Å². The smallest absolute Gasteiger partial charge is 0.115 e. The van der Waals surface area contributed by atoms with Crippen LogP contribution in [0.5, 0.6) is 5.75 Å². The highest BCUT2D eigenvalue weighted by Crippen LogP contribution is 2.64. The Morgan fingerprint density at radius 3 is 2.87 bits per heavy atom. The third-order valence-corrected chi connectivity index (χ3v) is 7.52. The maximum Gasteiger partial charge on any atom is 0.115 e. The molecule has 0 radical (unpaired) electrons. The number of allylic oxidation sites excluding steroid dienone is 1. The van der Waals surface area contributed by atoms with Gasteiger partial charge in [0.2, 0.25) is 0 Å². The van der Waals surface area contributed by atoms with Crippen molar-refractivity contribution in [2.75, 3.05) is 0 Å². The molecule has 0 saturated heterocycles. The summed E-state index contributed by atoms with van der Waals surface area (Å²) in [6.45, 7) is 6.54. The SMILES string of the molecule is C=C[C@]12CC[C@]3(CC)C[C@H](O)C[C@H]3[C@@H]1CCc1cc(O)ccc12. The molecule has 0 unspecified atom stereocenters. The fourth-order valence-electron chi connectivity index (χ4n) is 6.42. The van der Waals surface area contributed by atoms with Crippen molar-refractivity contribution in [2.24, 2.45) is 17.3 Å². The second kappa shape index (κ2) is 5.11. The van der Waals surface area contributed by atoms with E-state index in [0.29, 0.717) is 23.0 Å². The van der Waals surface area contributed by atoms with E-state index in [0.717, 1.165) is 32.1 Å². The van der Waals surface area contributed by atoms with Gasteiger partial charge in [0.25, 0.3) is 0 Å². The van der Waals surface area contributed by atoms with Gasteiger partial charge >= 0.3 is 0 Å². The second-order valence-corrected chi connectivity index (χ2v) is 8.15. The van der Waals surface area contributed by atoms with Crippen LogP contribution in [0.4, 0.5) is 0 Å². The van der Waals surface area contributed by atoms with Gasteiger partial charge in [-0.05, 0) is 79.0 Å². The topological polar surface area (TPSA) is 40.5 Å². The minimum atomic E-state index is -0.123. The van der Waals surface area contributed by atoms with E-state index >= 15 is 0 Å². The lowest BCUT2D eigenvalue weighted by Gasteiger charge is -2.56. The highest BCUT2D eigenvalue weighted by atomic mass is 16.3. The fourth-order valence-corrected chi connectivity index (χ4v) is 6.42. The summed E-state index contributed by atoms with van der Waals surface area (Å²) in [4.78, 5) is 0. The summed E-state index contributed by atoms with van der Waals surface area (Å²) >= 11 is 0. The van der Waals surface area contributed by atoms with Gasteiger partial charge in [-0.15, -0.1) is 6.58 Å². The predicted molar refractivity (Wildman–Crippen MR) is 92.5 cm³/mol. The van der Waals surface area contributed by atoms with Crippen LogP contribution >= 0.6 is 0 Å². The molecule has 1 aromatic rings. The molecule has 1 aromatic carbocycles. The van der Waals surface area contributed by atoms with E-state index in [9.17, 15) is 10.2 Å². The van der Waals surface area contributed by atoms with E-state index in [1.54, 1.807) is 0 Å². The Balaban J connectivity index is 1.82. The molecule has 3 aliphatic carbocycles. The zero-order chi connectivity index (χ0) is 16.2. The number of hydrogen-bond acceptors (Lipinski definition) is 2. The molecule has 124 valence electrons. The normalized spacial score (nSPS) is 41.7. The Labute approximate surface area is 139 Å². The number of aromatic hydroxyl groups is 1. The first-order valence-corrected chi connectivity index (χ1v) is 9.19. The molecule has 23 heavy (non-hydrogen) atoms. The molecule has 2 fully saturated rings. The first-order chi connectivity index (χ1) is 11.0. The van der Waals surface area contributed by atoms with Gasteiger partial charge in [0.05, 0.1) is 6.10 Å². The Hall–Kier alpha value is -1.28. The quantitative estimate of drug-likeness (QED) is 0.798. The number of hydrogen-bond donors (Lipinski definition) is 2. The molecule has 0 aliphatic heterocycles. The number of aryl methyl sites for hydroxylation is 1. The van der Waals surface area contributed by atoms with Gasteiger partial charge in [-0.1, -0.05) is 25.5 Å². The highest BCUT2D eigenvalue weighted by molar-refractivity contribution is 5.46. The number of benzene rings is 1. The number of phenolic OH excluding ortho intramolecular Hbond substituents is 1. The van der Waals surface area contributed by atoms with Crippen LogP contribution < -0.4 is 0 Å². The van der Waals surface area contributed by atoms with E-state index in [1.165, 1.54) is 24.0 Å². The highest BCUT2D eigenvalue weighted by Gasteiger charge is 2.58. The van der Waals surface area contributed by atoms with Gasteiger partial charge in [0.15, 0.2) is 0 Å². The Bertz CT molecular complexity index is 637. The maximum atomic E-state index is 10.4. The molecule has 2 nitrogen and oxygen atoms in total. The van der Waals surface area contributed by atoms with Crippen molar-refractivity contribution in [2.45, 2.75) is 63.4 Å². The van der Waals surface area contributed by atoms with Crippen molar-refractivity contribution in [3.05, 3.63) is 42.0 Å². The summed E-state index contributed by atoms with van der Waals surface area (Å²) in [5, 5.41) is 20.2. The standard InChI is InChI=1S/C21H28O2/c1-3-20-9-10-21(4-2)17-8-6-15(22)11-14(17)5-7-18(21)19(20)12-16(23)13-20/h4,6,8,11,16,18-19,22-23H,2-3,5,7,9-10,12-13H2,1H3/t16-,18+,19+,20-,21-/m1/s1. The lowest BCUT2D eigenvalue weighted by atomic mass is 9.48. The zero-order valence-electron chi connectivity index (χ0n) is 14.1. The van der Waals surface area contributed by atoms with Crippen LogP contribution in [0.1, 0.15) is 56.6 Å². The van der Waals surface area contributed by atoms with Crippen LogP contribution in [0.2, 0.25) is 0 Å². The van der Waals surface area contributed by atoms with Crippen LogP contribution in [-0.2, 0) is 11.8 Å². The number of fused-ring (bicyclic) bond motifs is 5.